The summed E-state index contributed by atoms with van der Waals surface area (Å²) in [6.07, 6.45) is 0.453. The summed E-state index contributed by atoms with van der Waals surface area (Å²) in [5.74, 6) is 1.02. The van der Waals surface area contributed by atoms with Gasteiger partial charge in [-0.15, -0.1) is 0 Å². The molecule has 0 aliphatic rings. The molecule has 2 atom stereocenters. The second-order valence-electron chi connectivity index (χ2n) is 5.08. The quantitative estimate of drug-likeness (QED) is 0.827. The van der Waals surface area contributed by atoms with Crippen molar-refractivity contribution in [2.45, 2.75) is 33.2 Å². The zero-order valence-corrected chi connectivity index (χ0v) is 12.2. The zero-order chi connectivity index (χ0) is 14.4. The molecule has 0 bridgehead atoms. The van der Waals surface area contributed by atoms with Gasteiger partial charge in [0, 0.05) is 12.0 Å². The van der Waals surface area contributed by atoms with Crippen LogP contribution in [0.1, 0.15) is 37.4 Å². The predicted molar refractivity (Wildman–Crippen MR) is 77.1 cm³/mol. The van der Waals surface area contributed by atoms with Gasteiger partial charge < -0.3 is 15.8 Å². The van der Waals surface area contributed by atoms with E-state index in [2.05, 4.69) is 5.32 Å². The number of carbonyl (C=O) groups is 1. The van der Waals surface area contributed by atoms with E-state index in [4.69, 9.17) is 10.5 Å². The Labute approximate surface area is 115 Å². The summed E-state index contributed by atoms with van der Waals surface area (Å²) in [4.78, 5) is 11.9. The fourth-order valence-corrected chi connectivity index (χ4v) is 1.97. The van der Waals surface area contributed by atoms with Crippen molar-refractivity contribution in [1.29, 1.82) is 0 Å². The van der Waals surface area contributed by atoms with Crippen LogP contribution < -0.4 is 15.8 Å². The van der Waals surface area contributed by atoms with Crippen LogP contribution in [0.25, 0.3) is 0 Å². The number of rotatable bonds is 6. The van der Waals surface area contributed by atoms with Crippen LogP contribution in [0.5, 0.6) is 5.75 Å². The Bertz CT molecular complexity index is 432. The molecule has 0 fully saturated rings. The smallest absolute Gasteiger partial charge is 0.220 e. The van der Waals surface area contributed by atoms with Crippen LogP contribution in [-0.2, 0) is 4.79 Å². The highest BCUT2D eigenvalue weighted by molar-refractivity contribution is 5.76. The van der Waals surface area contributed by atoms with Crippen molar-refractivity contribution in [1.82, 2.24) is 5.32 Å². The van der Waals surface area contributed by atoms with Crippen molar-refractivity contribution >= 4 is 5.91 Å². The standard InChI is InChI=1S/C15H24N2O2/c1-10-5-6-14(19-4)13(7-10)12(3)17-15(18)8-11(2)9-16/h5-7,11-12H,8-9,16H2,1-4H3,(H,17,18). The third kappa shape index (κ3) is 4.56. The molecule has 1 rings (SSSR count). The van der Waals surface area contributed by atoms with Crippen molar-refractivity contribution in [3.05, 3.63) is 29.3 Å². The van der Waals surface area contributed by atoms with E-state index in [9.17, 15) is 4.79 Å². The van der Waals surface area contributed by atoms with E-state index in [1.807, 2.05) is 39.0 Å². The first-order chi connectivity index (χ1) is 8.97. The predicted octanol–water partition coefficient (Wildman–Crippen LogP) is 2.17. The Morgan fingerprint density at radius 1 is 1.42 bits per heavy atom. The molecule has 0 saturated heterocycles. The number of nitrogens with two attached hydrogens (primary N) is 1. The normalized spacial score (nSPS) is 13.7. The molecule has 0 radical (unpaired) electrons. The first kappa shape index (κ1) is 15.5. The van der Waals surface area contributed by atoms with Gasteiger partial charge in [0.1, 0.15) is 5.75 Å². The van der Waals surface area contributed by atoms with E-state index in [1.54, 1.807) is 7.11 Å². The molecule has 4 heteroatoms. The summed E-state index contributed by atoms with van der Waals surface area (Å²) in [6.45, 7) is 6.48. The molecule has 106 valence electrons. The minimum atomic E-state index is -0.0766. The summed E-state index contributed by atoms with van der Waals surface area (Å²) in [5.41, 5.74) is 7.67. The fraction of sp³-hybridized carbons (Fsp3) is 0.533. The monoisotopic (exact) mass is 264 g/mol. The van der Waals surface area contributed by atoms with Gasteiger partial charge in [0.15, 0.2) is 0 Å². The highest BCUT2D eigenvalue weighted by atomic mass is 16.5. The average molecular weight is 264 g/mol. The molecule has 19 heavy (non-hydrogen) atoms. The van der Waals surface area contributed by atoms with Gasteiger partial charge in [0.25, 0.3) is 0 Å². The fourth-order valence-electron chi connectivity index (χ4n) is 1.97. The number of ether oxygens (including phenoxy) is 1. The molecule has 0 heterocycles. The largest absolute Gasteiger partial charge is 0.496 e. The maximum absolute atomic E-state index is 11.9. The molecule has 0 aliphatic heterocycles. The topological polar surface area (TPSA) is 64.3 Å². The number of carbonyl (C=O) groups excluding carboxylic acids is 1. The Morgan fingerprint density at radius 2 is 2.11 bits per heavy atom. The molecular weight excluding hydrogens is 240 g/mol. The highest BCUT2D eigenvalue weighted by Gasteiger charge is 2.15. The van der Waals surface area contributed by atoms with E-state index in [0.717, 1.165) is 16.9 Å². The number of aryl methyl sites for hydroxylation is 1. The maximum Gasteiger partial charge on any atom is 0.220 e. The van der Waals surface area contributed by atoms with Gasteiger partial charge >= 0.3 is 0 Å². The van der Waals surface area contributed by atoms with Crippen LogP contribution in [-0.4, -0.2) is 19.6 Å². The van der Waals surface area contributed by atoms with Crippen LogP contribution in [0.15, 0.2) is 18.2 Å². The molecule has 2 unspecified atom stereocenters. The lowest BCUT2D eigenvalue weighted by molar-refractivity contribution is -0.122. The van der Waals surface area contributed by atoms with E-state index < -0.39 is 0 Å². The van der Waals surface area contributed by atoms with E-state index in [-0.39, 0.29) is 17.9 Å². The lowest BCUT2D eigenvalue weighted by Gasteiger charge is -2.19. The van der Waals surface area contributed by atoms with E-state index in [1.165, 1.54) is 0 Å². The van der Waals surface area contributed by atoms with E-state index >= 15 is 0 Å². The Morgan fingerprint density at radius 3 is 2.68 bits per heavy atom. The van der Waals surface area contributed by atoms with Gasteiger partial charge in [-0.05, 0) is 32.4 Å². The number of hydrogen-bond acceptors (Lipinski definition) is 3. The third-order valence-corrected chi connectivity index (χ3v) is 3.17. The van der Waals surface area contributed by atoms with Gasteiger partial charge in [-0.3, -0.25) is 4.79 Å². The molecule has 0 spiro atoms. The summed E-state index contributed by atoms with van der Waals surface area (Å²) >= 11 is 0. The number of nitrogens with one attached hydrogen (secondary N) is 1. The number of benzene rings is 1. The Balaban J connectivity index is 2.74. The second kappa shape index (κ2) is 7.14. The Kier molecular flexibility index (Phi) is 5.83. The van der Waals surface area contributed by atoms with Crippen molar-refractivity contribution < 1.29 is 9.53 Å². The molecule has 1 amide bonds. The molecule has 0 aromatic heterocycles. The third-order valence-electron chi connectivity index (χ3n) is 3.17. The van der Waals surface area contributed by atoms with Crippen LogP contribution in [0.3, 0.4) is 0 Å². The number of hydrogen-bond donors (Lipinski definition) is 2. The summed E-state index contributed by atoms with van der Waals surface area (Å²) in [6, 6.07) is 5.88. The van der Waals surface area contributed by atoms with Crippen molar-refractivity contribution in [3.63, 3.8) is 0 Å². The van der Waals surface area contributed by atoms with Crippen LogP contribution in [0.4, 0.5) is 0 Å². The summed E-state index contributed by atoms with van der Waals surface area (Å²) in [7, 11) is 1.64. The number of methoxy groups -OCH3 is 1. The minimum Gasteiger partial charge on any atom is -0.496 e. The molecule has 1 aromatic rings. The minimum absolute atomic E-state index is 0.0222. The van der Waals surface area contributed by atoms with Crippen molar-refractivity contribution in [3.8, 4) is 5.75 Å². The van der Waals surface area contributed by atoms with Gasteiger partial charge in [-0.1, -0.05) is 24.6 Å². The molecule has 0 saturated carbocycles. The lowest BCUT2D eigenvalue weighted by Crippen LogP contribution is -2.29. The van der Waals surface area contributed by atoms with Crippen molar-refractivity contribution in [2.75, 3.05) is 13.7 Å². The molecule has 4 nitrogen and oxygen atoms in total. The van der Waals surface area contributed by atoms with Crippen LogP contribution in [0.2, 0.25) is 0 Å². The van der Waals surface area contributed by atoms with Gasteiger partial charge in [-0.25, -0.2) is 0 Å². The average Bonchev–Trinajstić information content (AvgIpc) is 2.38. The van der Waals surface area contributed by atoms with Gasteiger partial charge in [0.05, 0.1) is 13.2 Å². The molecule has 1 aromatic carbocycles. The van der Waals surface area contributed by atoms with Crippen molar-refractivity contribution in [2.24, 2.45) is 11.7 Å². The first-order valence-corrected chi connectivity index (χ1v) is 6.61. The maximum atomic E-state index is 11.9. The number of amides is 1. The van der Waals surface area contributed by atoms with Gasteiger partial charge in [-0.2, -0.15) is 0 Å². The Hall–Kier alpha value is -1.55. The van der Waals surface area contributed by atoms with Crippen LogP contribution >= 0.6 is 0 Å². The second-order valence-corrected chi connectivity index (χ2v) is 5.08. The first-order valence-electron chi connectivity index (χ1n) is 6.61. The van der Waals surface area contributed by atoms with Crippen LogP contribution in [0, 0.1) is 12.8 Å². The highest BCUT2D eigenvalue weighted by Crippen LogP contribution is 2.26. The van der Waals surface area contributed by atoms with E-state index in [0.29, 0.717) is 13.0 Å². The lowest BCUT2D eigenvalue weighted by atomic mass is 10.0. The summed E-state index contributed by atoms with van der Waals surface area (Å²) in [5, 5.41) is 2.99. The SMILES string of the molecule is COc1ccc(C)cc1C(C)NC(=O)CC(C)CN. The molecule has 0 aliphatic carbocycles. The van der Waals surface area contributed by atoms with Gasteiger partial charge in [0.2, 0.25) is 5.91 Å². The molecule has 3 N–H and O–H groups in total. The molecular formula is C15H24N2O2. The summed E-state index contributed by atoms with van der Waals surface area (Å²) < 4.78 is 5.33. The zero-order valence-electron chi connectivity index (χ0n) is 12.2.